The first kappa shape index (κ1) is 13.2. The average Bonchev–Trinajstić information content (AvgIpc) is 2.38. The lowest BCUT2D eigenvalue weighted by molar-refractivity contribution is 0.100. The zero-order chi connectivity index (χ0) is 14.0. The Hall–Kier alpha value is -2.20. The third kappa shape index (κ3) is 2.63. The molecule has 98 valence electrons. The number of aromatic hydroxyl groups is 1. The number of nitrogens with two attached hydrogens (primary N) is 1. The number of benzene rings is 2. The van der Waals surface area contributed by atoms with Crippen molar-refractivity contribution in [2.24, 2.45) is 5.73 Å². The Morgan fingerprint density at radius 3 is 2.42 bits per heavy atom. The molecule has 5 heteroatoms. The summed E-state index contributed by atoms with van der Waals surface area (Å²) in [6.45, 7) is 0. The zero-order valence-electron chi connectivity index (χ0n) is 10.2. The number of amides is 1. The molecule has 2 aromatic carbocycles. The molecule has 0 aliphatic heterocycles. The molecule has 4 nitrogen and oxygen atoms in total. The van der Waals surface area contributed by atoms with Gasteiger partial charge in [0, 0.05) is 0 Å². The van der Waals surface area contributed by atoms with E-state index in [0.717, 1.165) is 11.1 Å². The van der Waals surface area contributed by atoms with E-state index in [2.05, 4.69) is 0 Å². The fraction of sp³-hybridized carbons (Fsp3) is 0.0714. The molecule has 0 saturated carbocycles. The molecule has 0 fully saturated rings. The molecule has 2 rings (SSSR count). The van der Waals surface area contributed by atoms with Gasteiger partial charge in [0.25, 0.3) is 0 Å². The first-order chi connectivity index (χ1) is 9.02. The van der Waals surface area contributed by atoms with Gasteiger partial charge in [0.1, 0.15) is 0 Å². The number of phenolic OH excluding ortho intramolecular Hbond substituents is 1. The van der Waals surface area contributed by atoms with Crippen LogP contribution >= 0.6 is 11.6 Å². The van der Waals surface area contributed by atoms with Gasteiger partial charge in [-0.05, 0) is 35.4 Å². The molecular weight excluding hydrogens is 266 g/mol. The standard InChI is InChI=1S/C14H12ClNO3/c1-19-13-5-3-9(7-12(13)17)8-2-4-11(15)10(6-8)14(16)18/h2-7,17H,1H3,(H2,16,18). The zero-order valence-corrected chi connectivity index (χ0v) is 10.9. The van der Waals surface area contributed by atoms with Crippen LogP contribution in [0.15, 0.2) is 36.4 Å². The maximum atomic E-state index is 11.2. The Bertz CT molecular complexity index is 641. The lowest BCUT2D eigenvalue weighted by atomic mass is 10.0. The number of hydrogen-bond donors (Lipinski definition) is 2. The average molecular weight is 278 g/mol. The lowest BCUT2D eigenvalue weighted by Gasteiger charge is -2.08. The molecule has 0 spiro atoms. The van der Waals surface area contributed by atoms with Gasteiger partial charge in [-0.1, -0.05) is 23.7 Å². The molecule has 0 radical (unpaired) electrons. The minimum atomic E-state index is -0.593. The van der Waals surface area contributed by atoms with Crippen LogP contribution in [0.25, 0.3) is 11.1 Å². The minimum Gasteiger partial charge on any atom is -0.504 e. The molecule has 2 aromatic rings. The van der Waals surface area contributed by atoms with E-state index in [1.54, 1.807) is 36.4 Å². The predicted molar refractivity (Wildman–Crippen MR) is 73.6 cm³/mol. The molecule has 0 atom stereocenters. The number of rotatable bonds is 3. The quantitative estimate of drug-likeness (QED) is 0.906. The number of halogens is 1. The van der Waals surface area contributed by atoms with Gasteiger partial charge in [0.05, 0.1) is 17.7 Å². The molecule has 0 aromatic heterocycles. The van der Waals surface area contributed by atoms with Crippen LogP contribution < -0.4 is 10.5 Å². The second kappa shape index (κ2) is 5.20. The van der Waals surface area contributed by atoms with Crippen molar-refractivity contribution in [3.8, 4) is 22.6 Å². The summed E-state index contributed by atoms with van der Waals surface area (Å²) in [4.78, 5) is 11.2. The van der Waals surface area contributed by atoms with Crippen molar-refractivity contribution >= 4 is 17.5 Å². The summed E-state index contributed by atoms with van der Waals surface area (Å²) >= 11 is 5.89. The molecule has 0 saturated heterocycles. The Morgan fingerprint density at radius 1 is 1.21 bits per heavy atom. The minimum absolute atomic E-state index is 0.0237. The van der Waals surface area contributed by atoms with Crippen LogP contribution in [0.3, 0.4) is 0 Å². The molecule has 1 amide bonds. The monoisotopic (exact) mass is 277 g/mol. The van der Waals surface area contributed by atoms with Crippen molar-refractivity contribution in [3.63, 3.8) is 0 Å². The van der Waals surface area contributed by atoms with E-state index >= 15 is 0 Å². The molecule has 19 heavy (non-hydrogen) atoms. The third-order valence-electron chi connectivity index (χ3n) is 2.74. The molecule has 0 bridgehead atoms. The second-order valence-corrected chi connectivity index (χ2v) is 4.35. The van der Waals surface area contributed by atoms with Gasteiger partial charge in [0.15, 0.2) is 11.5 Å². The van der Waals surface area contributed by atoms with Crippen LogP contribution in [-0.2, 0) is 0 Å². The van der Waals surface area contributed by atoms with Gasteiger partial charge < -0.3 is 15.6 Å². The van der Waals surface area contributed by atoms with Crippen molar-refractivity contribution in [3.05, 3.63) is 47.0 Å². The van der Waals surface area contributed by atoms with Crippen LogP contribution in [0.2, 0.25) is 5.02 Å². The number of primary amides is 1. The fourth-order valence-electron chi connectivity index (χ4n) is 1.76. The van der Waals surface area contributed by atoms with Crippen molar-refractivity contribution in [2.75, 3.05) is 7.11 Å². The van der Waals surface area contributed by atoms with Crippen LogP contribution in [0.4, 0.5) is 0 Å². The maximum Gasteiger partial charge on any atom is 0.250 e. The van der Waals surface area contributed by atoms with Gasteiger partial charge >= 0.3 is 0 Å². The Kier molecular flexibility index (Phi) is 3.62. The lowest BCUT2D eigenvalue weighted by Crippen LogP contribution is -2.11. The highest BCUT2D eigenvalue weighted by Gasteiger charge is 2.10. The Labute approximate surface area is 115 Å². The van der Waals surface area contributed by atoms with E-state index in [-0.39, 0.29) is 11.3 Å². The largest absolute Gasteiger partial charge is 0.504 e. The van der Waals surface area contributed by atoms with Gasteiger partial charge in [0.2, 0.25) is 5.91 Å². The van der Waals surface area contributed by atoms with E-state index in [1.165, 1.54) is 7.11 Å². The van der Waals surface area contributed by atoms with Crippen molar-refractivity contribution in [1.82, 2.24) is 0 Å². The summed E-state index contributed by atoms with van der Waals surface area (Å²) in [6, 6.07) is 9.89. The second-order valence-electron chi connectivity index (χ2n) is 3.95. The van der Waals surface area contributed by atoms with Crippen LogP contribution in [0.5, 0.6) is 11.5 Å². The number of carbonyl (C=O) groups is 1. The van der Waals surface area contributed by atoms with Crippen LogP contribution in [0.1, 0.15) is 10.4 Å². The Morgan fingerprint density at radius 2 is 1.84 bits per heavy atom. The van der Waals surface area contributed by atoms with E-state index < -0.39 is 5.91 Å². The number of phenols is 1. The third-order valence-corrected chi connectivity index (χ3v) is 3.07. The van der Waals surface area contributed by atoms with Crippen LogP contribution in [-0.4, -0.2) is 18.1 Å². The summed E-state index contributed by atoms with van der Waals surface area (Å²) in [5.74, 6) is -0.187. The summed E-state index contributed by atoms with van der Waals surface area (Å²) < 4.78 is 4.97. The van der Waals surface area contributed by atoms with E-state index in [0.29, 0.717) is 10.8 Å². The van der Waals surface area contributed by atoms with Gasteiger partial charge in [-0.25, -0.2) is 0 Å². The highest BCUT2D eigenvalue weighted by atomic mass is 35.5. The van der Waals surface area contributed by atoms with Gasteiger partial charge in [-0.15, -0.1) is 0 Å². The first-order valence-electron chi connectivity index (χ1n) is 5.49. The predicted octanol–water partition coefficient (Wildman–Crippen LogP) is 2.82. The highest BCUT2D eigenvalue weighted by molar-refractivity contribution is 6.33. The van der Waals surface area contributed by atoms with E-state index in [1.807, 2.05) is 0 Å². The van der Waals surface area contributed by atoms with Crippen molar-refractivity contribution < 1.29 is 14.6 Å². The summed E-state index contributed by atoms with van der Waals surface area (Å²) in [5.41, 5.74) is 6.96. The summed E-state index contributed by atoms with van der Waals surface area (Å²) in [5, 5.41) is 10.0. The van der Waals surface area contributed by atoms with E-state index in [4.69, 9.17) is 22.1 Å². The van der Waals surface area contributed by atoms with E-state index in [9.17, 15) is 9.90 Å². The number of ether oxygens (including phenoxy) is 1. The number of carbonyl (C=O) groups excluding carboxylic acids is 1. The SMILES string of the molecule is COc1ccc(-c2ccc(Cl)c(C(N)=O)c2)cc1O. The first-order valence-corrected chi connectivity index (χ1v) is 5.87. The molecule has 0 aliphatic carbocycles. The number of hydrogen-bond acceptors (Lipinski definition) is 3. The van der Waals surface area contributed by atoms with Gasteiger partial charge in [-0.2, -0.15) is 0 Å². The molecular formula is C14H12ClNO3. The van der Waals surface area contributed by atoms with Crippen molar-refractivity contribution in [2.45, 2.75) is 0 Å². The smallest absolute Gasteiger partial charge is 0.250 e. The topological polar surface area (TPSA) is 72.5 Å². The highest BCUT2D eigenvalue weighted by Crippen LogP contribution is 2.32. The maximum absolute atomic E-state index is 11.2. The summed E-state index contributed by atoms with van der Waals surface area (Å²) in [7, 11) is 1.47. The summed E-state index contributed by atoms with van der Waals surface area (Å²) in [6.07, 6.45) is 0. The van der Waals surface area contributed by atoms with Gasteiger partial charge in [-0.3, -0.25) is 4.79 Å². The molecule has 0 unspecified atom stereocenters. The Balaban J connectivity index is 2.50. The van der Waals surface area contributed by atoms with Crippen molar-refractivity contribution in [1.29, 1.82) is 0 Å². The molecule has 0 heterocycles. The normalized spacial score (nSPS) is 10.2. The fourth-order valence-corrected chi connectivity index (χ4v) is 1.97. The number of methoxy groups -OCH3 is 1. The molecule has 3 N–H and O–H groups in total. The van der Waals surface area contributed by atoms with Crippen LogP contribution in [0, 0.1) is 0 Å². The molecule has 0 aliphatic rings.